The number of ether oxygens (including phenoxy) is 1. The molecule has 24 heavy (non-hydrogen) atoms. The average molecular weight is 316 g/mol. The summed E-state index contributed by atoms with van der Waals surface area (Å²) in [6.45, 7) is 1.89. The molecular formula is C19H16N4O. The number of aryl methyl sites for hydroxylation is 1. The highest BCUT2D eigenvalue weighted by Crippen LogP contribution is 2.28. The van der Waals surface area contributed by atoms with Crippen LogP contribution in [-0.4, -0.2) is 27.0 Å². The third kappa shape index (κ3) is 2.60. The van der Waals surface area contributed by atoms with Gasteiger partial charge in [0.1, 0.15) is 11.6 Å². The molecule has 0 spiro atoms. The molecular weight excluding hydrogens is 300 g/mol. The highest BCUT2D eigenvalue weighted by Gasteiger charge is 2.07. The standard InChI is InChI=1S/C19H16N4O/c1-12-21-6-5-18(22-12)19-9-14-7-13(3-4-17(14)23-19)15-8-16(24-2)11-20-10-15/h3-11,23H,1-2H3. The van der Waals surface area contributed by atoms with Crippen LogP contribution in [0.4, 0.5) is 0 Å². The molecule has 0 saturated carbocycles. The Bertz CT molecular complexity index is 1020. The van der Waals surface area contributed by atoms with E-state index in [1.165, 1.54) is 0 Å². The van der Waals surface area contributed by atoms with Crippen LogP contribution < -0.4 is 4.74 Å². The Morgan fingerprint density at radius 2 is 1.92 bits per heavy atom. The minimum Gasteiger partial charge on any atom is -0.495 e. The smallest absolute Gasteiger partial charge is 0.137 e. The SMILES string of the molecule is COc1cncc(-c2ccc3[nH]c(-c4ccnc(C)n4)cc3c2)c1. The first-order valence-corrected chi connectivity index (χ1v) is 7.65. The number of hydrogen-bond acceptors (Lipinski definition) is 4. The number of aromatic amines is 1. The predicted molar refractivity (Wildman–Crippen MR) is 93.8 cm³/mol. The largest absolute Gasteiger partial charge is 0.495 e. The van der Waals surface area contributed by atoms with Gasteiger partial charge in [0, 0.05) is 28.9 Å². The van der Waals surface area contributed by atoms with Crippen LogP contribution in [0.3, 0.4) is 0 Å². The summed E-state index contributed by atoms with van der Waals surface area (Å²) in [6.07, 6.45) is 5.31. The van der Waals surface area contributed by atoms with Crippen molar-refractivity contribution in [2.75, 3.05) is 7.11 Å². The maximum Gasteiger partial charge on any atom is 0.137 e. The van der Waals surface area contributed by atoms with Crippen molar-refractivity contribution in [1.29, 1.82) is 0 Å². The Hall–Kier alpha value is -3.21. The molecule has 0 fully saturated rings. The summed E-state index contributed by atoms with van der Waals surface area (Å²) in [5.41, 5.74) is 5.07. The lowest BCUT2D eigenvalue weighted by atomic mass is 10.1. The summed E-state index contributed by atoms with van der Waals surface area (Å²) < 4.78 is 5.25. The lowest BCUT2D eigenvalue weighted by Gasteiger charge is -2.04. The molecule has 1 aromatic carbocycles. The molecule has 5 heteroatoms. The fourth-order valence-corrected chi connectivity index (χ4v) is 2.74. The van der Waals surface area contributed by atoms with Gasteiger partial charge in [0.05, 0.1) is 24.7 Å². The maximum absolute atomic E-state index is 5.25. The van der Waals surface area contributed by atoms with E-state index in [4.69, 9.17) is 4.74 Å². The molecule has 0 amide bonds. The van der Waals surface area contributed by atoms with Gasteiger partial charge in [-0.05, 0) is 42.8 Å². The van der Waals surface area contributed by atoms with Crippen molar-refractivity contribution in [2.24, 2.45) is 0 Å². The molecule has 0 aliphatic heterocycles. The van der Waals surface area contributed by atoms with Crippen molar-refractivity contribution in [2.45, 2.75) is 6.92 Å². The van der Waals surface area contributed by atoms with Crippen molar-refractivity contribution in [3.63, 3.8) is 0 Å². The van der Waals surface area contributed by atoms with Crippen LogP contribution in [0.1, 0.15) is 5.82 Å². The van der Waals surface area contributed by atoms with Crippen molar-refractivity contribution in [3.8, 4) is 28.3 Å². The minimum absolute atomic E-state index is 0.749. The lowest BCUT2D eigenvalue weighted by molar-refractivity contribution is 0.413. The van der Waals surface area contributed by atoms with Crippen LogP contribution in [0.15, 0.2) is 55.0 Å². The second-order valence-corrected chi connectivity index (χ2v) is 5.59. The third-order valence-electron chi connectivity index (χ3n) is 3.95. The van der Waals surface area contributed by atoms with E-state index in [1.807, 2.05) is 25.3 Å². The van der Waals surface area contributed by atoms with Crippen molar-refractivity contribution < 1.29 is 4.74 Å². The summed E-state index contributed by atoms with van der Waals surface area (Å²) in [6, 6.07) is 12.3. The first-order valence-electron chi connectivity index (χ1n) is 7.65. The van der Waals surface area contributed by atoms with E-state index in [-0.39, 0.29) is 0 Å². The number of H-pyrrole nitrogens is 1. The normalized spacial score (nSPS) is 10.9. The van der Waals surface area contributed by atoms with E-state index >= 15 is 0 Å². The molecule has 0 unspecified atom stereocenters. The average Bonchev–Trinajstić information content (AvgIpc) is 3.05. The van der Waals surface area contributed by atoms with Gasteiger partial charge in [0.15, 0.2) is 0 Å². The Balaban J connectivity index is 1.78. The molecule has 4 aromatic rings. The molecule has 0 radical (unpaired) electrons. The van der Waals surface area contributed by atoms with E-state index in [1.54, 1.807) is 19.5 Å². The second-order valence-electron chi connectivity index (χ2n) is 5.59. The number of aromatic nitrogens is 4. The van der Waals surface area contributed by atoms with Crippen LogP contribution in [0.25, 0.3) is 33.4 Å². The fraction of sp³-hybridized carbons (Fsp3) is 0.105. The van der Waals surface area contributed by atoms with Crippen molar-refractivity contribution >= 4 is 10.9 Å². The van der Waals surface area contributed by atoms with Gasteiger partial charge in [-0.25, -0.2) is 9.97 Å². The summed E-state index contributed by atoms with van der Waals surface area (Å²) >= 11 is 0. The van der Waals surface area contributed by atoms with Gasteiger partial charge in [-0.3, -0.25) is 4.98 Å². The van der Waals surface area contributed by atoms with Crippen molar-refractivity contribution in [3.05, 3.63) is 60.8 Å². The van der Waals surface area contributed by atoms with Crippen LogP contribution in [0.5, 0.6) is 5.75 Å². The topological polar surface area (TPSA) is 63.7 Å². The van der Waals surface area contributed by atoms with E-state index in [2.05, 4.69) is 44.2 Å². The summed E-state index contributed by atoms with van der Waals surface area (Å²) in [5.74, 6) is 1.51. The number of nitrogens with one attached hydrogen (secondary N) is 1. The van der Waals surface area contributed by atoms with Gasteiger partial charge in [0.2, 0.25) is 0 Å². The van der Waals surface area contributed by atoms with Crippen molar-refractivity contribution in [1.82, 2.24) is 19.9 Å². The summed E-state index contributed by atoms with van der Waals surface area (Å²) in [5, 5.41) is 1.13. The predicted octanol–water partition coefficient (Wildman–Crippen LogP) is 4.00. The van der Waals surface area contributed by atoms with Gasteiger partial charge in [-0.15, -0.1) is 0 Å². The number of fused-ring (bicyclic) bond motifs is 1. The van der Waals surface area contributed by atoms with E-state index in [9.17, 15) is 0 Å². The Labute approximate surface area is 139 Å². The minimum atomic E-state index is 0.749. The molecule has 3 aromatic heterocycles. The monoisotopic (exact) mass is 316 g/mol. The third-order valence-corrected chi connectivity index (χ3v) is 3.95. The van der Waals surface area contributed by atoms with Gasteiger partial charge in [-0.2, -0.15) is 0 Å². The van der Waals surface area contributed by atoms with E-state index in [0.717, 1.165) is 45.0 Å². The quantitative estimate of drug-likeness (QED) is 0.620. The van der Waals surface area contributed by atoms with Gasteiger partial charge in [0.25, 0.3) is 0 Å². The number of rotatable bonds is 3. The molecule has 1 N–H and O–H groups in total. The molecule has 3 heterocycles. The molecule has 0 saturated heterocycles. The van der Waals surface area contributed by atoms with E-state index < -0.39 is 0 Å². The van der Waals surface area contributed by atoms with Crippen LogP contribution in [-0.2, 0) is 0 Å². The Morgan fingerprint density at radius 3 is 2.75 bits per heavy atom. The second kappa shape index (κ2) is 5.77. The highest BCUT2D eigenvalue weighted by atomic mass is 16.5. The molecule has 0 bridgehead atoms. The fourth-order valence-electron chi connectivity index (χ4n) is 2.74. The van der Waals surface area contributed by atoms with Gasteiger partial charge >= 0.3 is 0 Å². The van der Waals surface area contributed by atoms with E-state index in [0.29, 0.717) is 0 Å². The molecule has 0 aliphatic carbocycles. The molecule has 118 valence electrons. The van der Waals surface area contributed by atoms with Crippen LogP contribution in [0, 0.1) is 6.92 Å². The Morgan fingerprint density at radius 1 is 1.00 bits per heavy atom. The zero-order chi connectivity index (χ0) is 16.5. The summed E-state index contributed by atoms with van der Waals surface area (Å²) in [7, 11) is 1.64. The number of hydrogen-bond donors (Lipinski definition) is 1. The lowest BCUT2D eigenvalue weighted by Crippen LogP contribution is -1.89. The molecule has 0 atom stereocenters. The highest BCUT2D eigenvalue weighted by molar-refractivity contribution is 5.89. The molecule has 0 aliphatic rings. The van der Waals surface area contributed by atoms with Gasteiger partial charge in [-0.1, -0.05) is 6.07 Å². The molecule has 4 rings (SSSR count). The zero-order valence-electron chi connectivity index (χ0n) is 13.4. The number of methoxy groups -OCH3 is 1. The maximum atomic E-state index is 5.25. The first-order chi connectivity index (χ1) is 11.7. The van der Waals surface area contributed by atoms with Crippen LogP contribution >= 0.6 is 0 Å². The Kier molecular flexibility index (Phi) is 3.46. The zero-order valence-corrected chi connectivity index (χ0v) is 13.4. The van der Waals surface area contributed by atoms with Gasteiger partial charge < -0.3 is 9.72 Å². The number of pyridine rings is 1. The number of benzene rings is 1. The number of nitrogens with zero attached hydrogens (tertiary/aromatic N) is 3. The molecule has 5 nitrogen and oxygen atoms in total. The first kappa shape index (κ1) is 14.4. The van der Waals surface area contributed by atoms with Crippen LogP contribution in [0.2, 0.25) is 0 Å². The summed E-state index contributed by atoms with van der Waals surface area (Å²) in [4.78, 5) is 16.3.